The molecule has 1 heterocycles. The molecule has 7 heteroatoms. The van der Waals surface area contributed by atoms with Gasteiger partial charge in [-0.2, -0.15) is 0 Å². The highest BCUT2D eigenvalue weighted by molar-refractivity contribution is 6.21. The van der Waals surface area contributed by atoms with Crippen LogP contribution in [0.25, 0.3) is 0 Å². The number of imide groups is 1. The average Bonchev–Trinajstić information content (AvgIpc) is 3.17. The van der Waals surface area contributed by atoms with Crippen molar-refractivity contribution < 1.29 is 19.2 Å². The Hall–Kier alpha value is -4.26. The van der Waals surface area contributed by atoms with Gasteiger partial charge in [0.2, 0.25) is 11.8 Å². The number of hydrogen-bond acceptors (Lipinski definition) is 4. The molecule has 1 atom stereocenters. The summed E-state index contributed by atoms with van der Waals surface area (Å²) in [5, 5.41) is 2.89. The lowest BCUT2D eigenvalue weighted by Gasteiger charge is -2.32. The van der Waals surface area contributed by atoms with Crippen molar-refractivity contribution in [1.29, 1.82) is 0 Å². The van der Waals surface area contributed by atoms with E-state index in [1.54, 1.807) is 29.2 Å². The minimum Gasteiger partial charge on any atom is -0.355 e. The van der Waals surface area contributed by atoms with Gasteiger partial charge < -0.3 is 10.2 Å². The number of hydrogen-bond donors (Lipinski definition) is 1. The molecule has 0 aromatic heterocycles. The van der Waals surface area contributed by atoms with Crippen LogP contribution < -0.4 is 5.32 Å². The predicted octanol–water partition coefficient (Wildman–Crippen LogP) is 4.15. The van der Waals surface area contributed by atoms with Crippen LogP contribution in [0.5, 0.6) is 0 Å². The van der Waals surface area contributed by atoms with E-state index in [9.17, 15) is 19.2 Å². The van der Waals surface area contributed by atoms with Crippen LogP contribution in [0.15, 0.2) is 78.9 Å². The summed E-state index contributed by atoms with van der Waals surface area (Å²) in [7, 11) is 0. The Morgan fingerprint density at radius 2 is 1.47 bits per heavy atom. The van der Waals surface area contributed by atoms with Gasteiger partial charge in [0.15, 0.2) is 0 Å². The highest BCUT2D eigenvalue weighted by atomic mass is 16.2. The number of fused-ring (bicyclic) bond motifs is 1. The van der Waals surface area contributed by atoms with Gasteiger partial charge in [-0.3, -0.25) is 24.1 Å². The van der Waals surface area contributed by atoms with Crippen molar-refractivity contribution in [3.63, 3.8) is 0 Å². The highest BCUT2D eigenvalue weighted by Gasteiger charge is 2.35. The summed E-state index contributed by atoms with van der Waals surface area (Å²) in [5.41, 5.74) is 3.74. The standard InChI is InChI=1S/C31H33N3O4/c1-3-32-29(36)27(20-23-13-5-4-6-14-23)34(21-24-15-8-7-12-22(24)2)28(35)18-11-19-33-30(37)25-16-9-10-17-26(25)31(33)38/h4-10,12-17,27H,3,11,18-21H2,1-2H3,(H,32,36)/t27-/m0/s1. The summed E-state index contributed by atoms with van der Waals surface area (Å²) < 4.78 is 0. The molecule has 0 saturated carbocycles. The van der Waals surface area contributed by atoms with Gasteiger partial charge in [0, 0.05) is 32.5 Å². The zero-order valence-corrected chi connectivity index (χ0v) is 21.9. The fourth-order valence-electron chi connectivity index (χ4n) is 4.79. The molecule has 196 valence electrons. The molecule has 1 N–H and O–H groups in total. The van der Waals surface area contributed by atoms with Crippen molar-refractivity contribution in [2.45, 2.75) is 45.7 Å². The lowest BCUT2D eigenvalue weighted by atomic mass is 10.0. The second kappa shape index (κ2) is 12.3. The van der Waals surface area contributed by atoms with Gasteiger partial charge in [0.25, 0.3) is 11.8 Å². The monoisotopic (exact) mass is 511 g/mol. The van der Waals surface area contributed by atoms with Gasteiger partial charge in [-0.15, -0.1) is 0 Å². The van der Waals surface area contributed by atoms with E-state index in [1.807, 2.05) is 68.4 Å². The van der Waals surface area contributed by atoms with Crippen LogP contribution in [0, 0.1) is 6.92 Å². The third kappa shape index (κ3) is 5.99. The maximum absolute atomic E-state index is 13.7. The zero-order valence-electron chi connectivity index (χ0n) is 21.9. The number of rotatable bonds is 11. The number of benzene rings is 3. The van der Waals surface area contributed by atoms with Crippen LogP contribution in [-0.4, -0.2) is 52.6 Å². The van der Waals surface area contributed by atoms with Gasteiger partial charge in [-0.25, -0.2) is 0 Å². The van der Waals surface area contributed by atoms with Gasteiger partial charge >= 0.3 is 0 Å². The van der Waals surface area contributed by atoms with Crippen molar-refractivity contribution >= 4 is 23.6 Å². The first-order valence-electron chi connectivity index (χ1n) is 13.0. The Balaban J connectivity index is 1.53. The van der Waals surface area contributed by atoms with Crippen LogP contribution in [0.4, 0.5) is 0 Å². The molecule has 0 unspecified atom stereocenters. The van der Waals surface area contributed by atoms with Crippen molar-refractivity contribution in [2.24, 2.45) is 0 Å². The molecule has 7 nitrogen and oxygen atoms in total. The third-order valence-electron chi connectivity index (χ3n) is 6.87. The molecular formula is C31H33N3O4. The molecule has 1 aliphatic heterocycles. The first kappa shape index (κ1) is 26.8. The summed E-state index contributed by atoms with van der Waals surface area (Å²) in [6.07, 6.45) is 0.786. The lowest BCUT2D eigenvalue weighted by molar-refractivity contribution is -0.141. The van der Waals surface area contributed by atoms with E-state index in [-0.39, 0.29) is 43.1 Å². The van der Waals surface area contributed by atoms with Crippen LogP contribution in [0.1, 0.15) is 57.2 Å². The zero-order chi connectivity index (χ0) is 27.1. The number of amides is 4. The quantitative estimate of drug-likeness (QED) is 0.392. The van der Waals surface area contributed by atoms with E-state index in [4.69, 9.17) is 0 Å². The minimum absolute atomic E-state index is 0.101. The number of carbonyl (C=O) groups excluding carboxylic acids is 4. The van der Waals surface area contributed by atoms with E-state index in [2.05, 4.69) is 5.32 Å². The largest absolute Gasteiger partial charge is 0.355 e. The second-order valence-electron chi connectivity index (χ2n) is 9.46. The number of likely N-dealkylation sites (N-methyl/N-ethyl adjacent to an activating group) is 1. The summed E-state index contributed by atoms with van der Waals surface area (Å²) >= 11 is 0. The molecule has 0 radical (unpaired) electrons. The van der Waals surface area contributed by atoms with Crippen molar-refractivity contribution in [3.8, 4) is 0 Å². The topological polar surface area (TPSA) is 86.8 Å². The molecule has 4 amide bonds. The Morgan fingerprint density at radius 3 is 2.11 bits per heavy atom. The first-order chi connectivity index (χ1) is 18.4. The van der Waals surface area contributed by atoms with Gasteiger partial charge in [0.05, 0.1) is 11.1 Å². The summed E-state index contributed by atoms with van der Waals surface area (Å²) in [6.45, 7) is 4.72. The maximum Gasteiger partial charge on any atom is 0.261 e. The Kier molecular flexibility index (Phi) is 8.69. The van der Waals surface area contributed by atoms with Crippen molar-refractivity contribution in [3.05, 3.63) is 107 Å². The first-order valence-corrected chi connectivity index (χ1v) is 13.0. The van der Waals surface area contributed by atoms with Crippen molar-refractivity contribution in [2.75, 3.05) is 13.1 Å². The molecule has 0 fully saturated rings. The van der Waals surface area contributed by atoms with E-state index in [1.165, 1.54) is 4.90 Å². The second-order valence-corrected chi connectivity index (χ2v) is 9.46. The summed E-state index contributed by atoms with van der Waals surface area (Å²) in [5.74, 6) is -1.08. The van der Waals surface area contributed by atoms with Crippen LogP contribution in [-0.2, 0) is 22.6 Å². The Bertz CT molecular complexity index is 1290. The predicted molar refractivity (Wildman–Crippen MR) is 145 cm³/mol. The molecule has 0 spiro atoms. The van der Waals surface area contributed by atoms with Crippen LogP contribution in [0.2, 0.25) is 0 Å². The van der Waals surface area contributed by atoms with Crippen molar-refractivity contribution in [1.82, 2.24) is 15.1 Å². The van der Waals surface area contributed by atoms with E-state index < -0.39 is 6.04 Å². The Labute approximate surface area is 223 Å². The van der Waals surface area contributed by atoms with Crippen LogP contribution in [0.3, 0.4) is 0 Å². The summed E-state index contributed by atoms with van der Waals surface area (Å²) in [4.78, 5) is 55.3. The minimum atomic E-state index is -0.705. The average molecular weight is 512 g/mol. The number of nitrogens with zero attached hydrogens (tertiary/aromatic N) is 2. The number of aryl methyl sites for hydroxylation is 1. The molecule has 1 aliphatic rings. The SMILES string of the molecule is CCNC(=O)[C@H](Cc1ccccc1)N(Cc1ccccc1C)C(=O)CCCN1C(=O)c2ccccc2C1=O. The van der Waals surface area contributed by atoms with E-state index in [0.717, 1.165) is 16.7 Å². The molecule has 0 aliphatic carbocycles. The molecule has 0 saturated heterocycles. The molecule has 3 aromatic carbocycles. The van der Waals surface area contributed by atoms with E-state index in [0.29, 0.717) is 30.5 Å². The van der Waals surface area contributed by atoms with Gasteiger partial charge in [-0.1, -0.05) is 66.7 Å². The molecular weight excluding hydrogens is 478 g/mol. The molecule has 3 aromatic rings. The van der Waals surface area contributed by atoms with Gasteiger partial charge in [0.1, 0.15) is 6.04 Å². The highest BCUT2D eigenvalue weighted by Crippen LogP contribution is 2.23. The fourth-order valence-corrected chi connectivity index (χ4v) is 4.79. The maximum atomic E-state index is 13.7. The Morgan fingerprint density at radius 1 is 0.868 bits per heavy atom. The third-order valence-corrected chi connectivity index (χ3v) is 6.87. The lowest BCUT2D eigenvalue weighted by Crippen LogP contribution is -2.50. The molecule has 38 heavy (non-hydrogen) atoms. The fraction of sp³-hybridized carbons (Fsp3) is 0.290. The smallest absolute Gasteiger partial charge is 0.261 e. The number of nitrogens with one attached hydrogen (secondary N) is 1. The van der Waals surface area contributed by atoms with Gasteiger partial charge in [-0.05, 0) is 49.1 Å². The van der Waals surface area contributed by atoms with Crippen LogP contribution >= 0.6 is 0 Å². The number of carbonyl (C=O) groups is 4. The molecule has 0 bridgehead atoms. The summed E-state index contributed by atoms with van der Waals surface area (Å²) in [6, 6.07) is 23.5. The molecule has 4 rings (SSSR count). The normalized spacial score (nSPS) is 13.3. The van der Waals surface area contributed by atoms with E-state index >= 15 is 0 Å².